The molecule has 0 saturated carbocycles. The number of anilines is 1. The first-order chi connectivity index (χ1) is 19.8. The van der Waals surface area contributed by atoms with Gasteiger partial charge in [-0.25, -0.2) is 0 Å². The van der Waals surface area contributed by atoms with Gasteiger partial charge in [0.1, 0.15) is 18.2 Å². The molecule has 0 bridgehead atoms. The highest BCUT2D eigenvalue weighted by atomic mass is 19.4. The maximum Gasteiger partial charge on any atom is 0.416 e. The number of likely N-dealkylation sites (N-methyl/N-ethyl adjacent to an activating group) is 1. The van der Waals surface area contributed by atoms with E-state index in [2.05, 4.69) is 20.9 Å². The van der Waals surface area contributed by atoms with Crippen LogP contribution >= 0.6 is 0 Å². The number of fused-ring (bicyclic) bond motifs is 1. The number of benzene rings is 2. The number of para-hydroxylation sites is 1. The minimum absolute atomic E-state index is 0.120. The van der Waals surface area contributed by atoms with Gasteiger partial charge in [0.15, 0.2) is 0 Å². The van der Waals surface area contributed by atoms with Gasteiger partial charge >= 0.3 is 6.18 Å². The average molecular weight is 589 g/mol. The van der Waals surface area contributed by atoms with Crippen LogP contribution in [0.25, 0.3) is 10.9 Å². The van der Waals surface area contributed by atoms with Gasteiger partial charge in [-0.2, -0.15) is 13.2 Å². The number of carbonyl (C=O) groups is 3. The molecule has 2 aromatic carbocycles. The van der Waals surface area contributed by atoms with Crippen molar-refractivity contribution in [3.63, 3.8) is 0 Å². The summed E-state index contributed by atoms with van der Waals surface area (Å²) in [4.78, 5) is 42.3. The number of nitrogens with one attached hydrogen (secondary N) is 3. The van der Waals surface area contributed by atoms with Crippen molar-refractivity contribution in [3.05, 3.63) is 71.9 Å². The van der Waals surface area contributed by atoms with Gasteiger partial charge in [0.05, 0.1) is 50.1 Å². The van der Waals surface area contributed by atoms with Crippen LogP contribution in [0, 0.1) is 0 Å². The Labute approximate surface area is 241 Å². The molecule has 3 aromatic rings. The van der Waals surface area contributed by atoms with Crippen molar-refractivity contribution in [1.82, 2.24) is 15.6 Å². The van der Waals surface area contributed by atoms with E-state index in [1.165, 1.54) is 18.3 Å². The summed E-state index contributed by atoms with van der Waals surface area (Å²) in [5.41, 5.74) is 6.19. The molecular formula is C29H35F3N6O4. The number of halogens is 3. The molecule has 1 heterocycles. The van der Waals surface area contributed by atoms with Crippen LogP contribution in [0.5, 0.6) is 0 Å². The second-order valence-electron chi connectivity index (χ2n) is 10.7. The van der Waals surface area contributed by atoms with E-state index in [1.54, 1.807) is 12.1 Å². The summed E-state index contributed by atoms with van der Waals surface area (Å²) in [6.07, 6.45) is -4.32. The molecule has 5 N–H and O–H groups in total. The van der Waals surface area contributed by atoms with Crippen LogP contribution in [-0.2, 0) is 22.2 Å². The summed E-state index contributed by atoms with van der Waals surface area (Å²) < 4.78 is 39.7. The summed E-state index contributed by atoms with van der Waals surface area (Å²) in [5.74, 6) is -1.43. The van der Waals surface area contributed by atoms with Gasteiger partial charge in [-0.1, -0.05) is 30.3 Å². The lowest BCUT2D eigenvalue weighted by molar-refractivity contribution is -0.889. The minimum atomic E-state index is -4.53. The zero-order chi connectivity index (χ0) is 30.9. The molecular weight excluding hydrogens is 553 g/mol. The van der Waals surface area contributed by atoms with Crippen molar-refractivity contribution >= 4 is 34.5 Å². The smallest absolute Gasteiger partial charge is 0.416 e. The Bertz CT molecular complexity index is 1380. The second-order valence-corrected chi connectivity index (χ2v) is 10.7. The number of alkyl halides is 3. The van der Waals surface area contributed by atoms with E-state index in [9.17, 15) is 32.7 Å². The van der Waals surface area contributed by atoms with Crippen molar-refractivity contribution < 1.29 is 37.1 Å². The molecule has 0 unspecified atom stereocenters. The summed E-state index contributed by atoms with van der Waals surface area (Å²) >= 11 is 0. The first-order valence-electron chi connectivity index (χ1n) is 13.4. The Kier molecular flexibility index (Phi) is 10.8. The molecule has 3 rings (SSSR count). The predicted octanol–water partition coefficient (Wildman–Crippen LogP) is 2.04. The third kappa shape index (κ3) is 9.70. The van der Waals surface area contributed by atoms with E-state index in [-0.39, 0.29) is 12.8 Å². The normalized spacial score (nSPS) is 13.3. The number of carbonyl (C=O) groups excluding carboxylic acids is 3. The van der Waals surface area contributed by atoms with Gasteiger partial charge in [-0.05, 0) is 42.7 Å². The topological polar surface area (TPSA) is 149 Å². The Morgan fingerprint density at radius 1 is 0.976 bits per heavy atom. The highest BCUT2D eigenvalue weighted by molar-refractivity contribution is 5.99. The summed E-state index contributed by atoms with van der Waals surface area (Å²) in [6.45, 7) is 1.76. The van der Waals surface area contributed by atoms with E-state index in [0.717, 1.165) is 17.5 Å². The molecule has 226 valence electrons. The zero-order valence-corrected chi connectivity index (χ0v) is 23.4. The Morgan fingerprint density at radius 2 is 1.67 bits per heavy atom. The lowest BCUT2D eigenvalue weighted by Gasteiger charge is -2.30. The monoisotopic (exact) mass is 588 g/mol. The largest absolute Gasteiger partial charge is 0.530 e. The average Bonchev–Trinajstić information content (AvgIpc) is 2.91. The summed E-state index contributed by atoms with van der Waals surface area (Å²) in [5, 5.41) is 19.5. The maximum absolute atomic E-state index is 13.4. The number of quaternary nitrogens is 1. The molecule has 0 radical (unpaired) electrons. The summed E-state index contributed by atoms with van der Waals surface area (Å²) in [6, 6.07) is 10.7. The number of hydrogen-bond donors (Lipinski definition) is 4. The molecule has 0 aliphatic rings. The van der Waals surface area contributed by atoms with Gasteiger partial charge in [0, 0.05) is 18.4 Å². The van der Waals surface area contributed by atoms with Crippen LogP contribution in [0.2, 0.25) is 0 Å². The molecule has 10 nitrogen and oxygen atoms in total. The Balaban J connectivity index is 1.81. The van der Waals surface area contributed by atoms with E-state index in [1.807, 2.05) is 32.3 Å². The van der Waals surface area contributed by atoms with Gasteiger partial charge in [0.25, 0.3) is 0 Å². The fourth-order valence-corrected chi connectivity index (χ4v) is 4.51. The number of pyridine rings is 1. The predicted molar refractivity (Wildman–Crippen MR) is 150 cm³/mol. The lowest BCUT2D eigenvalue weighted by atomic mass is 10.0. The molecule has 2 atom stereocenters. The van der Waals surface area contributed by atoms with E-state index >= 15 is 0 Å². The molecule has 13 heteroatoms. The fraction of sp³-hybridized carbons (Fsp3) is 0.379. The first-order valence-corrected chi connectivity index (χ1v) is 13.4. The Hall–Kier alpha value is -4.23. The number of rotatable bonds is 13. The lowest BCUT2D eigenvalue weighted by Crippen LogP contribution is -2.55. The maximum atomic E-state index is 13.4. The van der Waals surface area contributed by atoms with Crippen molar-refractivity contribution in [2.45, 2.75) is 37.5 Å². The quantitative estimate of drug-likeness (QED) is 0.225. The summed E-state index contributed by atoms with van der Waals surface area (Å²) in [7, 11) is 3.92. The third-order valence-electron chi connectivity index (χ3n) is 6.81. The molecule has 42 heavy (non-hydrogen) atoms. The van der Waals surface area contributed by atoms with Gasteiger partial charge < -0.3 is 36.1 Å². The molecule has 3 amide bonds. The molecule has 1 aromatic heterocycles. The number of nitrogens with two attached hydrogens (primary N) is 1. The number of amides is 3. The van der Waals surface area contributed by atoms with E-state index < -0.39 is 41.7 Å². The zero-order valence-electron chi connectivity index (χ0n) is 23.4. The first kappa shape index (κ1) is 32.3. The van der Waals surface area contributed by atoms with Crippen LogP contribution in [0.15, 0.2) is 60.8 Å². The highest BCUT2D eigenvalue weighted by Crippen LogP contribution is 2.29. The van der Waals surface area contributed by atoms with Gasteiger partial charge in [-0.15, -0.1) is 0 Å². The van der Waals surface area contributed by atoms with Gasteiger partial charge in [0.2, 0.25) is 11.8 Å². The highest BCUT2D eigenvalue weighted by Gasteiger charge is 2.31. The van der Waals surface area contributed by atoms with E-state index in [0.29, 0.717) is 47.3 Å². The number of hydrogen-bond acceptors (Lipinski definition) is 6. The van der Waals surface area contributed by atoms with Crippen LogP contribution in [0.1, 0.15) is 24.0 Å². The second kappa shape index (κ2) is 14.1. The molecule has 0 aliphatic carbocycles. The van der Waals surface area contributed by atoms with Crippen molar-refractivity contribution in [2.24, 2.45) is 5.73 Å². The molecule has 0 fully saturated rings. The van der Waals surface area contributed by atoms with Crippen molar-refractivity contribution in [2.75, 3.05) is 39.0 Å². The van der Waals surface area contributed by atoms with Crippen molar-refractivity contribution in [3.8, 4) is 0 Å². The number of carboxylic acid groups (broad SMARTS) is 1. The number of nitrogens with zero attached hydrogens (tertiary/aromatic N) is 2. The molecule has 0 aliphatic heterocycles. The third-order valence-corrected chi connectivity index (χ3v) is 6.81. The van der Waals surface area contributed by atoms with Crippen LogP contribution < -0.4 is 26.8 Å². The standard InChI is InChI=1S/C29H35F3N6O4/c1-38(2,15-13-33)14-5-8-24(37-28(41)42)26(39)36-25(16-19-9-11-21(12-10-19)29(30,31)32)27(40)35-22-17-20-6-3-4-7-23(20)34-18-22/h3-4,6-7,9-12,17-18,24-25,37H,5,8,13-16,33H2,1-2H3,(H2-,35,36,39,40,41,42)/t24-,25+/m0/s1. The van der Waals surface area contributed by atoms with Crippen LogP contribution in [-0.4, -0.2) is 73.2 Å². The molecule has 0 saturated heterocycles. The number of aromatic nitrogens is 1. The van der Waals surface area contributed by atoms with Crippen LogP contribution in [0.4, 0.5) is 23.7 Å². The van der Waals surface area contributed by atoms with Crippen molar-refractivity contribution in [1.29, 1.82) is 0 Å². The van der Waals surface area contributed by atoms with E-state index in [4.69, 9.17) is 5.73 Å². The SMILES string of the molecule is C[N+](C)(CCN)CCC[C@H](NC(=O)[O-])C(=O)N[C@H](Cc1ccc(C(F)(F)F)cc1)C(=O)Nc1cnc2ccccc2c1. The van der Waals surface area contributed by atoms with Gasteiger partial charge in [-0.3, -0.25) is 14.6 Å². The fourth-order valence-electron chi connectivity index (χ4n) is 4.51. The Morgan fingerprint density at radius 3 is 2.31 bits per heavy atom. The van der Waals surface area contributed by atoms with Crippen LogP contribution in [0.3, 0.4) is 0 Å². The minimum Gasteiger partial charge on any atom is -0.530 e. The molecule has 0 spiro atoms.